The van der Waals surface area contributed by atoms with Crippen molar-refractivity contribution in [3.05, 3.63) is 102 Å². The molecule has 4 amide bonds. The second kappa shape index (κ2) is 14.2. The van der Waals surface area contributed by atoms with Crippen molar-refractivity contribution in [3.8, 4) is 0 Å². The Kier molecular flexibility index (Phi) is 9.87. The zero-order valence-corrected chi connectivity index (χ0v) is 26.1. The molecule has 1 unspecified atom stereocenters. The first-order valence-electron chi connectivity index (χ1n) is 15.3. The Hall–Kier alpha value is -5.36. The molecule has 0 aliphatic carbocycles. The van der Waals surface area contributed by atoms with Crippen molar-refractivity contribution in [2.24, 2.45) is 7.05 Å². The van der Waals surface area contributed by atoms with Crippen molar-refractivity contribution < 1.29 is 28.3 Å². The molecular weight excluding hydrogens is 588 g/mol. The number of furan rings is 1. The number of anilines is 3. The van der Waals surface area contributed by atoms with E-state index in [0.29, 0.717) is 17.8 Å². The van der Waals surface area contributed by atoms with Crippen LogP contribution in [0.25, 0.3) is 0 Å². The molecule has 0 spiro atoms. The lowest BCUT2D eigenvalue weighted by Crippen LogP contribution is -2.66. The van der Waals surface area contributed by atoms with E-state index in [0.717, 1.165) is 24.3 Å². The summed E-state index contributed by atoms with van der Waals surface area (Å²) in [5.41, 5.74) is 2.38. The van der Waals surface area contributed by atoms with Crippen LogP contribution < -0.4 is 26.0 Å². The minimum absolute atomic E-state index is 0.00786. The Bertz CT molecular complexity index is 1700. The number of fused-ring (bicyclic) bond motifs is 1. The summed E-state index contributed by atoms with van der Waals surface area (Å²) in [5, 5.41) is 6.70. The summed E-state index contributed by atoms with van der Waals surface area (Å²) in [6, 6.07) is 20.3. The van der Waals surface area contributed by atoms with Crippen LogP contribution in [0.15, 0.2) is 89.7 Å². The summed E-state index contributed by atoms with van der Waals surface area (Å²) in [6.45, 7) is 4.32. The largest absolute Gasteiger partial charge is 0.462 e. The maximum atomic E-state index is 14.6. The highest BCUT2D eigenvalue weighted by atomic mass is 16.6. The number of carbonyl (C=O) groups is 4. The Morgan fingerprint density at radius 1 is 0.913 bits per heavy atom. The van der Waals surface area contributed by atoms with Gasteiger partial charge in [-0.15, -0.1) is 0 Å². The van der Waals surface area contributed by atoms with E-state index in [1.807, 2.05) is 6.07 Å². The van der Waals surface area contributed by atoms with E-state index in [1.54, 1.807) is 79.3 Å². The molecule has 12 heteroatoms. The van der Waals surface area contributed by atoms with E-state index >= 15 is 0 Å². The molecule has 0 saturated heterocycles. The first-order chi connectivity index (χ1) is 22.3. The average molecular weight is 627 g/mol. The van der Waals surface area contributed by atoms with E-state index in [2.05, 4.69) is 23.0 Å². The predicted octanol–water partition coefficient (Wildman–Crippen LogP) is 5.55. The summed E-state index contributed by atoms with van der Waals surface area (Å²) < 4.78 is 13.0. The van der Waals surface area contributed by atoms with Crippen molar-refractivity contribution in [2.45, 2.75) is 45.2 Å². The molecule has 46 heavy (non-hydrogen) atoms. The van der Waals surface area contributed by atoms with Gasteiger partial charge in [-0.1, -0.05) is 56.5 Å². The number of aryl methyl sites for hydroxylation is 1. The lowest BCUT2D eigenvalue weighted by Gasteiger charge is -2.34. The fourth-order valence-corrected chi connectivity index (χ4v) is 5.38. The second-order valence-electron chi connectivity index (χ2n) is 10.9. The highest BCUT2D eigenvalue weighted by molar-refractivity contribution is 6.11. The number of para-hydroxylation sites is 2. The van der Waals surface area contributed by atoms with Gasteiger partial charge in [-0.05, 0) is 49.7 Å². The van der Waals surface area contributed by atoms with Crippen LogP contribution in [0.4, 0.5) is 21.9 Å². The van der Waals surface area contributed by atoms with Gasteiger partial charge in [0.15, 0.2) is 5.76 Å². The van der Waals surface area contributed by atoms with Crippen molar-refractivity contribution in [2.75, 3.05) is 28.4 Å². The quantitative estimate of drug-likeness (QED) is 0.175. The number of unbranched alkanes of at least 4 members (excludes halogenated alkanes) is 3. The molecule has 0 fully saturated rings. The molecule has 5 rings (SSSR count). The van der Waals surface area contributed by atoms with Gasteiger partial charge < -0.3 is 29.3 Å². The third-order valence-electron chi connectivity index (χ3n) is 7.76. The monoisotopic (exact) mass is 626 g/mol. The SMILES string of the molecule is CCCCCCOC(=O)N1NC(NC(=O)c2ccccc2NC(=O)c2cccn2C)(C(=O)N(CC)c2ccccc2)c2occc21. The van der Waals surface area contributed by atoms with Crippen LogP contribution in [0.5, 0.6) is 0 Å². The number of hydrogen-bond donors (Lipinski definition) is 3. The molecule has 4 aromatic rings. The van der Waals surface area contributed by atoms with Crippen LogP contribution in [0.3, 0.4) is 0 Å². The topological polar surface area (TPSA) is 138 Å². The summed E-state index contributed by atoms with van der Waals surface area (Å²) in [7, 11) is 1.74. The van der Waals surface area contributed by atoms with E-state index in [-0.39, 0.29) is 35.9 Å². The fourth-order valence-electron chi connectivity index (χ4n) is 5.38. The normalized spacial score (nSPS) is 15.2. The van der Waals surface area contributed by atoms with Crippen LogP contribution in [0.2, 0.25) is 0 Å². The summed E-state index contributed by atoms with van der Waals surface area (Å²) in [4.78, 5) is 56.6. The highest BCUT2D eigenvalue weighted by Gasteiger charge is 2.56. The van der Waals surface area contributed by atoms with Gasteiger partial charge >= 0.3 is 6.09 Å². The maximum absolute atomic E-state index is 14.6. The van der Waals surface area contributed by atoms with Gasteiger partial charge in [0.2, 0.25) is 0 Å². The fraction of sp³-hybridized carbons (Fsp3) is 0.294. The standard InChI is InChI=1S/C34H38N6O6/c1-4-6-7-13-22-46-33(44)40-27-20-23-45-29(27)34(37-40,32(43)39(5-2)24-15-9-8-10-16-24)36-30(41)25-17-11-12-18-26(25)35-31(42)28-19-14-21-38(28)3/h8-12,14-21,23,37H,4-7,13,22H2,1-3H3,(H,35,42)(H,36,41). The molecule has 1 aliphatic rings. The third kappa shape index (κ3) is 6.38. The zero-order valence-electron chi connectivity index (χ0n) is 26.1. The molecule has 2 aromatic heterocycles. The molecule has 0 radical (unpaired) electrons. The molecule has 1 atom stereocenters. The number of hydrogen-bond acceptors (Lipinski definition) is 7. The number of rotatable bonds is 12. The number of hydrazine groups is 1. The van der Waals surface area contributed by atoms with Gasteiger partial charge in [0.05, 0.1) is 24.1 Å². The summed E-state index contributed by atoms with van der Waals surface area (Å²) in [5.74, 6) is -1.72. The number of ether oxygens (including phenoxy) is 1. The van der Waals surface area contributed by atoms with Crippen LogP contribution in [-0.4, -0.2) is 41.5 Å². The van der Waals surface area contributed by atoms with Gasteiger partial charge in [-0.2, -0.15) is 5.43 Å². The maximum Gasteiger partial charge on any atom is 0.429 e. The lowest BCUT2D eigenvalue weighted by molar-refractivity contribution is -0.126. The zero-order chi connectivity index (χ0) is 32.7. The summed E-state index contributed by atoms with van der Waals surface area (Å²) in [6.07, 6.45) is 6.00. The molecule has 3 heterocycles. The van der Waals surface area contributed by atoms with Gasteiger partial charge in [0, 0.05) is 31.5 Å². The van der Waals surface area contributed by atoms with Crippen molar-refractivity contribution >= 4 is 40.9 Å². The molecular formula is C34H38N6O6. The van der Waals surface area contributed by atoms with Gasteiger partial charge in [0.1, 0.15) is 11.4 Å². The predicted molar refractivity (Wildman–Crippen MR) is 173 cm³/mol. The first kappa shape index (κ1) is 32.0. The van der Waals surface area contributed by atoms with Crippen LogP contribution >= 0.6 is 0 Å². The third-order valence-corrected chi connectivity index (χ3v) is 7.76. The minimum Gasteiger partial charge on any atom is -0.462 e. The molecule has 0 bridgehead atoms. The van der Waals surface area contributed by atoms with Gasteiger partial charge in [-0.3, -0.25) is 14.4 Å². The Balaban J connectivity index is 1.50. The van der Waals surface area contributed by atoms with E-state index in [4.69, 9.17) is 9.15 Å². The van der Waals surface area contributed by atoms with Crippen molar-refractivity contribution in [1.29, 1.82) is 0 Å². The molecule has 0 saturated carbocycles. The van der Waals surface area contributed by atoms with E-state index in [1.165, 1.54) is 23.3 Å². The number of benzene rings is 2. The summed E-state index contributed by atoms with van der Waals surface area (Å²) >= 11 is 0. The van der Waals surface area contributed by atoms with Gasteiger partial charge in [0.25, 0.3) is 23.4 Å². The molecule has 240 valence electrons. The van der Waals surface area contributed by atoms with Crippen LogP contribution in [-0.2, 0) is 22.2 Å². The van der Waals surface area contributed by atoms with E-state index in [9.17, 15) is 19.2 Å². The number of aromatic nitrogens is 1. The minimum atomic E-state index is -2.06. The van der Waals surface area contributed by atoms with Crippen molar-refractivity contribution in [1.82, 2.24) is 15.3 Å². The van der Waals surface area contributed by atoms with E-state index < -0.39 is 29.5 Å². The Morgan fingerprint density at radius 3 is 2.39 bits per heavy atom. The number of likely N-dealkylation sites (N-methyl/N-ethyl adjacent to an activating group) is 1. The lowest BCUT2D eigenvalue weighted by atomic mass is 10.0. The second-order valence-corrected chi connectivity index (χ2v) is 10.9. The number of carbonyl (C=O) groups excluding carboxylic acids is 4. The highest BCUT2D eigenvalue weighted by Crippen LogP contribution is 2.39. The van der Waals surface area contributed by atoms with Crippen LogP contribution in [0, 0.1) is 0 Å². The first-order valence-corrected chi connectivity index (χ1v) is 15.3. The van der Waals surface area contributed by atoms with Crippen LogP contribution in [0.1, 0.15) is 66.1 Å². The molecule has 12 nitrogen and oxygen atoms in total. The number of nitrogens with zero attached hydrogens (tertiary/aromatic N) is 3. The average Bonchev–Trinajstić information content (AvgIpc) is 3.79. The van der Waals surface area contributed by atoms with Crippen molar-refractivity contribution in [3.63, 3.8) is 0 Å². The number of amides is 4. The Morgan fingerprint density at radius 2 is 1.67 bits per heavy atom. The number of nitrogens with one attached hydrogen (secondary N) is 3. The molecule has 2 aromatic carbocycles. The van der Waals surface area contributed by atoms with Gasteiger partial charge in [-0.25, -0.2) is 9.80 Å². The Labute approximate surface area is 267 Å². The molecule has 1 aliphatic heterocycles. The molecule has 3 N–H and O–H groups in total. The smallest absolute Gasteiger partial charge is 0.429 e.